The minimum atomic E-state index is -0.282. The lowest BCUT2D eigenvalue weighted by Gasteiger charge is -2.34. The van der Waals surface area contributed by atoms with Gasteiger partial charge in [-0.15, -0.1) is 0 Å². The van der Waals surface area contributed by atoms with Gasteiger partial charge in [-0.2, -0.15) is 0 Å². The molecule has 5 nitrogen and oxygen atoms in total. The molecular formula is C23H23FN2O3. The lowest BCUT2D eigenvalue weighted by molar-refractivity contribution is 0.0616. The minimum Gasteiger partial charge on any atom is -0.488 e. The van der Waals surface area contributed by atoms with Gasteiger partial charge in [-0.05, 0) is 42.0 Å². The number of nitrogens with zero attached hydrogens (tertiary/aromatic N) is 2. The fraction of sp³-hybridized carbons (Fsp3) is 0.261. The van der Waals surface area contributed by atoms with E-state index in [1.54, 1.807) is 30.5 Å². The molecule has 1 aromatic heterocycles. The van der Waals surface area contributed by atoms with Crippen LogP contribution in [0.2, 0.25) is 0 Å². The Kier molecular flexibility index (Phi) is 5.91. The number of hydrogen-bond acceptors (Lipinski definition) is 4. The Hall–Kier alpha value is -3.12. The zero-order valence-corrected chi connectivity index (χ0v) is 16.1. The van der Waals surface area contributed by atoms with E-state index in [2.05, 4.69) is 4.90 Å². The summed E-state index contributed by atoms with van der Waals surface area (Å²) in [6.45, 7) is 3.95. The van der Waals surface area contributed by atoms with Crippen LogP contribution in [0, 0.1) is 5.82 Å². The molecule has 0 radical (unpaired) electrons. The number of piperazine rings is 1. The predicted octanol–water partition coefficient (Wildman–Crippen LogP) is 3.96. The van der Waals surface area contributed by atoms with Crippen molar-refractivity contribution in [3.63, 3.8) is 0 Å². The standard InChI is InChI=1S/C23H23FN2O3/c24-19-9-7-18(8-10-19)17-29-22-6-2-1-5-21(22)23(27)26-13-11-25(12-14-26)16-20-4-3-15-28-20/h1-10,15H,11-14,16-17H2. The molecule has 4 rings (SSSR count). The van der Waals surface area contributed by atoms with E-state index < -0.39 is 0 Å². The van der Waals surface area contributed by atoms with Crippen LogP contribution in [0.4, 0.5) is 4.39 Å². The van der Waals surface area contributed by atoms with Gasteiger partial charge in [-0.3, -0.25) is 9.69 Å². The van der Waals surface area contributed by atoms with Crippen LogP contribution in [0.5, 0.6) is 5.75 Å². The maximum Gasteiger partial charge on any atom is 0.257 e. The van der Waals surface area contributed by atoms with Gasteiger partial charge in [0.15, 0.2) is 0 Å². The van der Waals surface area contributed by atoms with Crippen LogP contribution in [-0.4, -0.2) is 41.9 Å². The Labute approximate surface area is 169 Å². The molecule has 0 N–H and O–H groups in total. The molecule has 0 atom stereocenters. The fourth-order valence-electron chi connectivity index (χ4n) is 3.41. The van der Waals surface area contributed by atoms with Gasteiger partial charge < -0.3 is 14.1 Å². The average Bonchev–Trinajstić information content (AvgIpc) is 3.27. The van der Waals surface area contributed by atoms with Crippen molar-refractivity contribution in [1.29, 1.82) is 0 Å². The van der Waals surface area contributed by atoms with Gasteiger partial charge in [0, 0.05) is 26.2 Å². The lowest BCUT2D eigenvalue weighted by atomic mass is 10.1. The van der Waals surface area contributed by atoms with Crippen molar-refractivity contribution in [2.45, 2.75) is 13.2 Å². The summed E-state index contributed by atoms with van der Waals surface area (Å²) in [5, 5.41) is 0. The molecule has 6 heteroatoms. The molecule has 0 saturated carbocycles. The third kappa shape index (κ3) is 4.84. The van der Waals surface area contributed by atoms with Crippen LogP contribution in [0.15, 0.2) is 71.3 Å². The summed E-state index contributed by atoms with van der Waals surface area (Å²) in [6, 6.07) is 17.3. The van der Waals surface area contributed by atoms with Gasteiger partial charge in [0.25, 0.3) is 5.91 Å². The molecule has 0 spiro atoms. The van der Waals surface area contributed by atoms with Crippen LogP contribution >= 0.6 is 0 Å². The molecule has 1 saturated heterocycles. The van der Waals surface area contributed by atoms with Gasteiger partial charge >= 0.3 is 0 Å². The van der Waals surface area contributed by atoms with E-state index >= 15 is 0 Å². The first-order valence-corrected chi connectivity index (χ1v) is 9.69. The zero-order chi connectivity index (χ0) is 20.1. The van der Waals surface area contributed by atoms with Crippen molar-refractivity contribution in [3.8, 4) is 5.75 Å². The summed E-state index contributed by atoms with van der Waals surface area (Å²) >= 11 is 0. The number of benzene rings is 2. The van der Waals surface area contributed by atoms with Gasteiger partial charge in [-0.25, -0.2) is 4.39 Å². The highest BCUT2D eigenvalue weighted by atomic mass is 19.1. The van der Waals surface area contributed by atoms with E-state index in [1.807, 2.05) is 29.2 Å². The minimum absolute atomic E-state index is 0.0302. The highest BCUT2D eigenvalue weighted by molar-refractivity contribution is 5.97. The Morgan fingerprint density at radius 2 is 1.72 bits per heavy atom. The van der Waals surface area contributed by atoms with E-state index in [0.29, 0.717) is 24.4 Å². The number of carbonyl (C=O) groups excluding carboxylic acids is 1. The second kappa shape index (κ2) is 8.92. The number of para-hydroxylation sites is 1. The normalized spacial score (nSPS) is 14.7. The lowest BCUT2D eigenvalue weighted by Crippen LogP contribution is -2.48. The van der Waals surface area contributed by atoms with Crippen LogP contribution in [0.3, 0.4) is 0 Å². The molecule has 0 unspecified atom stereocenters. The van der Waals surface area contributed by atoms with E-state index in [9.17, 15) is 9.18 Å². The molecule has 1 amide bonds. The summed E-state index contributed by atoms with van der Waals surface area (Å²) in [4.78, 5) is 17.2. The van der Waals surface area contributed by atoms with Crippen molar-refractivity contribution < 1.29 is 18.3 Å². The smallest absolute Gasteiger partial charge is 0.257 e. The number of hydrogen-bond donors (Lipinski definition) is 0. The van der Waals surface area contributed by atoms with E-state index in [0.717, 1.165) is 31.0 Å². The summed E-state index contributed by atoms with van der Waals surface area (Å²) in [5.74, 6) is 1.16. The SMILES string of the molecule is O=C(c1ccccc1OCc1ccc(F)cc1)N1CCN(Cc2ccco2)CC1. The van der Waals surface area contributed by atoms with Crippen LogP contribution in [0.1, 0.15) is 21.7 Å². The first-order valence-electron chi connectivity index (χ1n) is 9.69. The summed E-state index contributed by atoms with van der Waals surface area (Å²) in [5.41, 5.74) is 1.40. The zero-order valence-electron chi connectivity index (χ0n) is 16.1. The topological polar surface area (TPSA) is 45.9 Å². The summed E-state index contributed by atoms with van der Waals surface area (Å²) in [6.07, 6.45) is 1.68. The van der Waals surface area contributed by atoms with Crippen LogP contribution in [-0.2, 0) is 13.2 Å². The molecule has 1 fully saturated rings. The van der Waals surface area contributed by atoms with Crippen molar-refractivity contribution >= 4 is 5.91 Å². The highest BCUT2D eigenvalue weighted by Gasteiger charge is 2.24. The first kappa shape index (κ1) is 19.2. The van der Waals surface area contributed by atoms with E-state index in [4.69, 9.17) is 9.15 Å². The highest BCUT2D eigenvalue weighted by Crippen LogP contribution is 2.22. The number of halogens is 1. The van der Waals surface area contributed by atoms with Gasteiger partial charge in [-0.1, -0.05) is 24.3 Å². The van der Waals surface area contributed by atoms with Crippen molar-refractivity contribution in [2.24, 2.45) is 0 Å². The molecule has 150 valence electrons. The molecule has 3 aromatic rings. The summed E-state index contributed by atoms with van der Waals surface area (Å²) < 4.78 is 24.3. The Bertz CT molecular complexity index is 933. The Morgan fingerprint density at radius 1 is 0.966 bits per heavy atom. The van der Waals surface area contributed by atoms with Crippen LogP contribution in [0.25, 0.3) is 0 Å². The maximum atomic E-state index is 13.1. The largest absolute Gasteiger partial charge is 0.488 e. The predicted molar refractivity (Wildman–Crippen MR) is 107 cm³/mol. The van der Waals surface area contributed by atoms with Crippen molar-refractivity contribution in [2.75, 3.05) is 26.2 Å². The third-order valence-electron chi connectivity index (χ3n) is 5.04. The quantitative estimate of drug-likeness (QED) is 0.635. The van der Waals surface area contributed by atoms with Crippen molar-refractivity contribution in [1.82, 2.24) is 9.80 Å². The monoisotopic (exact) mass is 394 g/mol. The van der Waals surface area contributed by atoms with E-state index in [-0.39, 0.29) is 18.3 Å². The number of furan rings is 1. The molecule has 0 bridgehead atoms. The van der Waals surface area contributed by atoms with Crippen molar-refractivity contribution in [3.05, 3.63) is 89.6 Å². The average molecular weight is 394 g/mol. The summed E-state index contributed by atoms with van der Waals surface area (Å²) in [7, 11) is 0. The number of ether oxygens (including phenoxy) is 1. The van der Waals surface area contributed by atoms with Gasteiger partial charge in [0.1, 0.15) is 23.9 Å². The van der Waals surface area contributed by atoms with E-state index in [1.165, 1.54) is 12.1 Å². The number of carbonyl (C=O) groups is 1. The molecule has 2 aromatic carbocycles. The molecule has 1 aliphatic heterocycles. The fourth-order valence-corrected chi connectivity index (χ4v) is 3.41. The van der Waals surface area contributed by atoms with Gasteiger partial charge in [0.05, 0.1) is 18.4 Å². The second-order valence-electron chi connectivity index (χ2n) is 7.06. The third-order valence-corrected chi connectivity index (χ3v) is 5.04. The second-order valence-corrected chi connectivity index (χ2v) is 7.06. The molecule has 2 heterocycles. The molecule has 1 aliphatic rings. The maximum absolute atomic E-state index is 13.1. The Balaban J connectivity index is 1.37. The first-order chi connectivity index (χ1) is 14.2. The van der Waals surface area contributed by atoms with Gasteiger partial charge in [0.2, 0.25) is 0 Å². The molecule has 0 aliphatic carbocycles. The molecule has 29 heavy (non-hydrogen) atoms. The number of amides is 1. The van der Waals surface area contributed by atoms with Crippen LogP contribution < -0.4 is 4.74 Å². The Morgan fingerprint density at radius 3 is 2.45 bits per heavy atom. The molecular weight excluding hydrogens is 371 g/mol. The number of rotatable bonds is 6.